The van der Waals surface area contributed by atoms with Gasteiger partial charge in [0.2, 0.25) is 0 Å². The van der Waals surface area contributed by atoms with E-state index in [9.17, 15) is 13.2 Å². The second kappa shape index (κ2) is 5.38. The van der Waals surface area contributed by atoms with Crippen LogP contribution < -0.4 is 4.90 Å². The van der Waals surface area contributed by atoms with Gasteiger partial charge in [0.25, 0.3) is 5.82 Å². The van der Waals surface area contributed by atoms with Crippen LogP contribution in [0.1, 0.15) is 19.2 Å². The molecule has 3 rings (SSSR count). The molecule has 2 aromatic rings. The zero-order valence-electron chi connectivity index (χ0n) is 12.4. The van der Waals surface area contributed by atoms with Crippen molar-refractivity contribution in [3.05, 3.63) is 18.0 Å². The topological polar surface area (TPSA) is 49.6 Å². The average Bonchev–Trinajstić information content (AvgIpc) is 3.11. The first-order valence-electron chi connectivity index (χ1n) is 7.15. The van der Waals surface area contributed by atoms with E-state index in [0.29, 0.717) is 11.9 Å². The molecule has 1 aliphatic rings. The Labute approximate surface area is 125 Å². The van der Waals surface area contributed by atoms with Gasteiger partial charge in [0.15, 0.2) is 5.65 Å². The molecule has 0 amide bonds. The highest BCUT2D eigenvalue weighted by Gasteiger charge is 2.38. The molecule has 0 saturated carbocycles. The minimum Gasteiger partial charge on any atom is -0.354 e. The number of hydrogen-bond donors (Lipinski definition) is 0. The Balaban J connectivity index is 1.89. The van der Waals surface area contributed by atoms with Crippen LogP contribution in [0.15, 0.2) is 12.1 Å². The van der Waals surface area contributed by atoms with Gasteiger partial charge in [-0.15, -0.1) is 15.3 Å². The quantitative estimate of drug-likeness (QED) is 0.862. The first-order valence-corrected chi connectivity index (χ1v) is 7.15. The van der Waals surface area contributed by atoms with E-state index in [1.54, 1.807) is 6.07 Å². The summed E-state index contributed by atoms with van der Waals surface area (Å²) in [5.74, 6) is -0.574. The van der Waals surface area contributed by atoms with E-state index in [1.807, 2.05) is 11.9 Å². The highest BCUT2D eigenvalue weighted by Crippen LogP contribution is 2.28. The Hall–Kier alpha value is -1.90. The summed E-state index contributed by atoms with van der Waals surface area (Å²) >= 11 is 0. The van der Waals surface area contributed by atoms with Crippen LogP contribution in [0.4, 0.5) is 19.0 Å². The molecule has 0 spiro atoms. The lowest BCUT2D eigenvalue weighted by atomic mass is 10.2. The molecule has 0 aliphatic carbocycles. The zero-order chi connectivity index (χ0) is 15.9. The lowest BCUT2D eigenvalue weighted by Gasteiger charge is -2.23. The molecule has 22 heavy (non-hydrogen) atoms. The first kappa shape index (κ1) is 15.0. The third kappa shape index (κ3) is 2.60. The average molecular weight is 314 g/mol. The normalized spacial score (nSPS) is 19.5. The molecular formula is C13H17F3N6. The third-order valence-electron chi connectivity index (χ3n) is 4.11. The van der Waals surface area contributed by atoms with Gasteiger partial charge in [-0.25, -0.2) is 0 Å². The number of alkyl halides is 3. The summed E-state index contributed by atoms with van der Waals surface area (Å²) in [5.41, 5.74) is 0.0949. The summed E-state index contributed by atoms with van der Waals surface area (Å²) in [5, 5.41) is 10.8. The largest absolute Gasteiger partial charge is 0.453 e. The van der Waals surface area contributed by atoms with Crippen LogP contribution in [0.5, 0.6) is 0 Å². The van der Waals surface area contributed by atoms with Crippen molar-refractivity contribution in [2.75, 3.05) is 31.6 Å². The number of halogens is 3. The van der Waals surface area contributed by atoms with Gasteiger partial charge in [0, 0.05) is 19.1 Å². The molecular weight excluding hydrogens is 297 g/mol. The number of likely N-dealkylation sites (N-methyl/N-ethyl adjacent to an activating group) is 1. The summed E-state index contributed by atoms with van der Waals surface area (Å²) in [7, 11) is 2.05. The molecule has 1 atom stereocenters. The van der Waals surface area contributed by atoms with Gasteiger partial charge in [-0.1, -0.05) is 6.92 Å². The van der Waals surface area contributed by atoms with E-state index in [-0.39, 0.29) is 5.65 Å². The third-order valence-corrected chi connectivity index (χ3v) is 4.11. The monoisotopic (exact) mass is 314 g/mol. The molecule has 120 valence electrons. The molecule has 0 radical (unpaired) electrons. The zero-order valence-corrected chi connectivity index (χ0v) is 12.4. The Morgan fingerprint density at radius 1 is 1.32 bits per heavy atom. The van der Waals surface area contributed by atoms with E-state index >= 15 is 0 Å². The first-order chi connectivity index (χ1) is 10.4. The van der Waals surface area contributed by atoms with Crippen molar-refractivity contribution in [2.45, 2.75) is 25.6 Å². The van der Waals surface area contributed by atoms with Crippen LogP contribution in [0, 0.1) is 0 Å². The number of fused-ring (bicyclic) bond motifs is 1. The van der Waals surface area contributed by atoms with E-state index in [2.05, 4.69) is 27.1 Å². The summed E-state index contributed by atoms with van der Waals surface area (Å²) < 4.78 is 39.4. The minimum atomic E-state index is -4.57. The van der Waals surface area contributed by atoms with Gasteiger partial charge in [-0.3, -0.25) is 0 Å². The van der Waals surface area contributed by atoms with Crippen molar-refractivity contribution in [1.29, 1.82) is 0 Å². The highest BCUT2D eigenvalue weighted by molar-refractivity contribution is 5.46. The molecule has 0 aromatic carbocycles. The van der Waals surface area contributed by atoms with Crippen LogP contribution in [0.3, 0.4) is 0 Å². The van der Waals surface area contributed by atoms with Gasteiger partial charge >= 0.3 is 6.18 Å². The fraction of sp³-hybridized carbons (Fsp3) is 0.615. The summed E-state index contributed by atoms with van der Waals surface area (Å²) in [4.78, 5) is 4.23. The summed E-state index contributed by atoms with van der Waals surface area (Å²) in [6.45, 7) is 4.55. The number of nitrogens with zero attached hydrogens (tertiary/aromatic N) is 6. The van der Waals surface area contributed by atoms with E-state index in [1.165, 1.54) is 6.07 Å². The van der Waals surface area contributed by atoms with Crippen molar-refractivity contribution in [3.8, 4) is 0 Å². The second-order valence-electron chi connectivity index (χ2n) is 5.44. The Bertz CT molecular complexity index is 667. The minimum absolute atomic E-state index is 0.0949. The van der Waals surface area contributed by atoms with Gasteiger partial charge in [0.1, 0.15) is 5.82 Å². The molecule has 1 aliphatic heterocycles. The smallest absolute Gasteiger partial charge is 0.354 e. The number of anilines is 1. The molecule has 6 nitrogen and oxygen atoms in total. The fourth-order valence-electron chi connectivity index (χ4n) is 2.69. The van der Waals surface area contributed by atoms with Crippen LogP contribution in [0.25, 0.3) is 5.65 Å². The summed E-state index contributed by atoms with van der Waals surface area (Å²) in [6.07, 6.45) is -3.60. The maximum Gasteiger partial charge on any atom is 0.453 e. The van der Waals surface area contributed by atoms with Crippen molar-refractivity contribution < 1.29 is 13.2 Å². The van der Waals surface area contributed by atoms with Gasteiger partial charge < -0.3 is 9.80 Å². The maximum absolute atomic E-state index is 12.9. The highest BCUT2D eigenvalue weighted by atomic mass is 19.4. The van der Waals surface area contributed by atoms with E-state index in [4.69, 9.17) is 0 Å². The lowest BCUT2D eigenvalue weighted by molar-refractivity contribution is -0.146. The molecule has 0 N–H and O–H groups in total. The standard InChI is InChI=1S/C13H17F3N6/c1-3-20(2)9-6-7-21(8-9)11-5-4-10-17-18-12(13(14,15)16)22(10)19-11/h4-5,9H,3,6-8H2,1-2H3. The van der Waals surface area contributed by atoms with Crippen molar-refractivity contribution >= 4 is 11.5 Å². The van der Waals surface area contributed by atoms with Crippen LogP contribution >= 0.6 is 0 Å². The molecule has 1 unspecified atom stereocenters. The number of hydrogen-bond acceptors (Lipinski definition) is 5. The molecule has 0 bridgehead atoms. The lowest BCUT2D eigenvalue weighted by Crippen LogP contribution is -2.34. The van der Waals surface area contributed by atoms with Gasteiger partial charge in [0.05, 0.1) is 0 Å². The molecule has 2 aromatic heterocycles. The van der Waals surface area contributed by atoms with Gasteiger partial charge in [-0.05, 0) is 32.1 Å². The van der Waals surface area contributed by atoms with Crippen molar-refractivity contribution in [3.63, 3.8) is 0 Å². The predicted molar refractivity (Wildman–Crippen MR) is 74.7 cm³/mol. The van der Waals surface area contributed by atoms with Crippen LogP contribution in [-0.4, -0.2) is 57.4 Å². The van der Waals surface area contributed by atoms with Crippen molar-refractivity contribution in [1.82, 2.24) is 24.7 Å². The van der Waals surface area contributed by atoms with Crippen LogP contribution in [-0.2, 0) is 6.18 Å². The molecule has 3 heterocycles. The maximum atomic E-state index is 12.9. The van der Waals surface area contributed by atoms with E-state index < -0.39 is 12.0 Å². The summed E-state index contributed by atoms with van der Waals surface area (Å²) in [6, 6.07) is 3.60. The van der Waals surface area contributed by atoms with Crippen molar-refractivity contribution in [2.24, 2.45) is 0 Å². The number of aromatic nitrogens is 4. The van der Waals surface area contributed by atoms with E-state index in [0.717, 1.165) is 30.6 Å². The second-order valence-corrected chi connectivity index (χ2v) is 5.44. The SMILES string of the molecule is CCN(C)C1CCN(c2ccc3nnc(C(F)(F)F)n3n2)C1. The fourth-order valence-corrected chi connectivity index (χ4v) is 2.69. The molecule has 1 fully saturated rings. The Morgan fingerprint density at radius 2 is 2.09 bits per heavy atom. The van der Waals surface area contributed by atoms with Gasteiger partial charge in [-0.2, -0.15) is 17.7 Å². The van der Waals surface area contributed by atoms with Crippen LogP contribution in [0.2, 0.25) is 0 Å². The molecule has 9 heteroatoms. The predicted octanol–water partition coefficient (Wildman–Crippen LogP) is 1.67. The Kier molecular flexibility index (Phi) is 3.67. The molecule has 1 saturated heterocycles. The number of rotatable bonds is 3. The Morgan fingerprint density at radius 3 is 2.77 bits per heavy atom.